The molecule has 0 amide bonds. The highest BCUT2D eigenvalue weighted by molar-refractivity contribution is 7.92. The van der Waals surface area contributed by atoms with Crippen LogP contribution in [0, 0.1) is 0 Å². The smallest absolute Gasteiger partial charge is 0.155 e. The number of sulfone groups is 1. The predicted molar refractivity (Wildman–Crippen MR) is 72.2 cm³/mol. The van der Waals surface area contributed by atoms with Crippen LogP contribution in [0.4, 0.5) is 0 Å². The molecule has 0 bridgehead atoms. The maximum Gasteiger partial charge on any atom is 0.155 e. The van der Waals surface area contributed by atoms with Crippen LogP contribution in [0.5, 0.6) is 0 Å². The van der Waals surface area contributed by atoms with Crippen LogP contribution in [0.2, 0.25) is 0 Å². The van der Waals surface area contributed by atoms with Crippen molar-refractivity contribution in [3.05, 3.63) is 11.8 Å². The summed E-state index contributed by atoms with van der Waals surface area (Å²) in [6.07, 6.45) is 6.49. The van der Waals surface area contributed by atoms with Crippen molar-refractivity contribution in [1.82, 2.24) is 5.32 Å². The van der Waals surface area contributed by atoms with Gasteiger partial charge in [-0.25, -0.2) is 8.42 Å². The van der Waals surface area contributed by atoms with Gasteiger partial charge in [0.05, 0.1) is 23.7 Å². The molecule has 0 aromatic heterocycles. The third-order valence-electron chi connectivity index (χ3n) is 3.65. The average Bonchev–Trinajstić information content (AvgIpc) is 2.85. The Kier molecular flexibility index (Phi) is 4.67. The van der Waals surface area contributed by atoms with Gasteiger partial charge in [-0.3, -0.25) is 0 Å². The molecule has 104 valence electrons. The normalized spacial score (nSPS) is 28.5. The van der Waals surface area contributed by atoms with E-state index in [2.05, 4.69) is 12.2 Å². The molecule has 2 rings (SSSR count). The number of hydrogen-bond donors (Lipinski definition) is 1. The molecule has 0 spiro atoms. The highest BCUT2D eigenvalue weighted by atomic mass is 32.2. The molecule has 1 N–H and O–H groups in total. The lowest BCUT2D eigenvalue weighted by atomic mass is 10.0. The lowest BCUT2D eigenvalue weighted by molar-refractivity contribution is 0.210. The zero-order valence-electron chi connectivity index (χ0n) is 11.0. The molecule has 0 saturated carbocycles. The maximum absolute atomic E-state index is 12.2. The van der Waals surface area contributed by atoms with E-state index in [-0.39, 0.29) is 11.3 Å². The zero-order chi connectivity index (χ0) is 13.0. The van der Waals surface area contributed by atoms with Crippen LogP contribution >= 0.6 is 0 Å². The van der Waals surface area contributed by atoms with Crippen molar-refractivity contribution in [2.75, 3.05) is 18.9 Å². The van der Waals surface area contributed by atoms with Crippen LogP contribution in [0.25, 0.3) is 0 Å². The summed E-state index contributed by atoms with van der Waals surface area (Å²) in [6.45, 7) is 3.60. The second-order valence-electron chi connectivity index (χ2n) is 5.08. The van der Waals surface area contributed by atoms with Gasteiger partial charge in [0.1, 0.15) is 5.76 Å². The Morgan fingerprint density at radius 3 is 2.94 bits per heavy atom. The molecule has 2 atom stereocenters. The standard InChI is InChI=1S/C13H23NO3S/c1-2-8-14-13(11-6-5-9-17-11)12-7-3-4-10-18(12,15)16/h6,12-14H,2-5,7-10H2,1H3. The van der Waals surface area contributed by atoms with E-state index < -0.39 is 9.84 Å². The van der Waals surface area contributed by atoms with Gasteiger partial charge in [-0.15, -0.1) is 0 Å². The zero-order valence-corrected chi connectivity index (χ0v) is 11.8. The molecule has 4 nitrogen and oxygen atoms in total. The van der Waals surface area contributed by atoms with Crippen molar-refractivity contribution in [3.63, 3.8) is 0 Å². The summed E-state index contributed by atoms with van der Waals surface area (Å²) in [6, 6.07) is -0.141. The molecule has 1 saturated heterocycles. The van der Waals surface area contributed by atoms with E-state index in [4.69, 9.17) is 4.74 Å². The Morgan fingerprint density at radius 1 is 1.50 bits per heavy atom. The summed E-state index contributed by atoms with van der Waals surface area (Å²) in [7, 11) is -2.97. The summed E-state index contributed by atoms with van der Waals surface area (Å²) < 4.78 is 30.0. The first-order valence-corrected chi connectivity index (χ1v) is 8.64. The number of hydrogen-bond acceptors (Lipinski definition) is 4. The van der Waals surface area contributed by atoms with E-state index in [1.807, 2.05) is 6.08 Å². The molecule has 0 aliphatic carbocycles. The molecule has 5 heteroatoms. The van der Waals surface area contributed by atoms with Crippen LogP contribution in [-0.4, -0.2) is 38.6 Å². The largest absolute Gasteiger partial charge is 0.496 e. The van der Waals surface area contributed by atoms with E-state index in [1.165, 1.54) is 0 Å². The summed E-state index contributed by atoms with van der Waals surface area (Å²) in [5, 5.41) is 3.06. The Hall–Kier alpha value is -0.550. The molecule has 2 aliphatic rings. The van der Waals surface area contributed by atoms with Crippen LogP contribution < -0.4 is 5.32 Å². The summed E-state index contributed by atoms with van der Waals surface area (Å²) in [4.78, 5) is 0. The van der Waals surface area contributed by atoms with E-state index in [0.29, 0.717) is 12.4 Å². The highest BCUT2D eigenvalue weighted by Crippen LogP contribution is 2.28. The van der Waals surface area contributed by atoms with Crippen molar-refractivity contribution in [3.8, 4) is 0 Å². The van der Waals surface area contributed by atoms with Gasteiger partial charge < -0.3 is 10.1 Å². The third kappa shape index (κ3) is 3.06. The number of rotatable bonds is 5. The fourth-order valence-corrected chi connectivity index (χ4v) is 4.80. The molecule has 2 aliphatic heterocycles. The molecule has 2 unspecified atom stereocenters. The van der Waals surface area contributed by atoms with E-state index >= 15 is 0 Å². The summed E-state index contributed by atoms with van der Waals surface area (Å²) >= 11 is 0. The fourth-order valence-electron chi connectivity index (χ4n) is 2.72. The molecule has 18 heavy (non-hydrogen) atoms. The van der Waals surface area contributed by atoms with Crippen molar-refractivity contribution >= 4 is 9.84 Å². The molecular formula is C13H23NO3S. The van der Waals surface area contributed by atoms with E-state index in [9.17, 15) is 8.42 Å². The molecule has 0 aromatic rings. The van der Waals surface area contributed by atoms with Gasteiger partial charge in [0.2, 0.25) is 0 Å². The molecule has 0 aromatic carbocycles. The van der Waals surface area contributed by atoms with Gasteiger partial charge in [-0.05, 0) is 31.9 Å². The molecular weight excluding hydrogens is 250 g/mol. The average molecular weight is 273 g/mol. The minimum atomic E-state index is -2.97. The fraction of sp³-hybridized carbons (Fsp3) is 0.846. The van der Waals surface area contributed by atoms with Gasteiger partial charge in [0.15, 0.2) is 9.84 Å². The van der Waals surface area contributed by atoms with Crippen LogP contribution in [-0.2, 0) is 14.6 Å². The Bertz CT molecular complexity index is 402. The quantitative estimate of drug-likeness (QED) is 0.827. The van der Waals surface area contributed by atoms with Crippen molar-refractivity contribution in [2.45, 2.75) is 50.3 Å². The van der Waals surface area contributed by atoms with Crippen molar-refractivity contribution < 1.29 is 13.2 Å². The SMILES string of the molecule is CCCNC(C1=CCCO1)C1CCCCS1(=O)=O. The minimum Gasteiger partial charge on any atom is -0.496 e. The van der Waals surface area contributed by atoms with Gasteiger partial charge in [0, 0.05) is 6.42 Å². The van der Waals surface area contributed by atoms with Gasteiger partial charge in [-0.1, -0.05) is 13.3 Å². The number of nitrogens with one attached hydrogen (secondary N) is 1. The van der Waals surface area contributed by atoms with Gasteiger partial charge >= 0.3 is 0 Å². The van der Waals surface area contributed by atoms with Crippen LogP contribution in [0.1, 0.15) is 39.0 Å². The molecule has 1 fully saturated rings. The first-order chi connectivity index (χ1) is 8.65. The van der Waals surface area contributed by atoms with Gasteiger partial charge in [-0.2, -0.15) is 0 Å². The lowest BCUT2D eigenvalue weighted by Crippen LogP contribution is -2.48. The first-order valence-electron chi connectivity index (χ1n) is 6.93. The predicted octanol–water partition coefficient (Wildman–Crippen LogP) is 1.63. The van der Waals surface area contributed by atoms with E-state index in [0.717, 1.165) is 44.4 Å². The molecule has 2 heterocycles. The van der Waals surface area contributed by atoms with Gasteiger partial charge in [0.25, 0.3) is 0 Å². The first kappa shape index (κ1) is 13.9. The third-order valence-corrected chi connectivity index (χ3v) is 5.94. The lowest BCUT2D eigenvalue weighted by Gasteiger charge is -2.31. The minimum absolute atomic E-state index is 0.141. The van der Waals surface area contributed by atoms with Crippen LogP contribution in [0.15, 0.2) is 11.8 Å². The summed E-state index contributed by atoms with van der Waals surface area (Å²) in [5.41, 5.74) is 0. The van der Waals surface area contributed by atoms with E-state index in [1.54, 1.807) is 0 Å². The highest BCUT2D eigenvalue weighted by Gasteiger charge is 2.38. The number of ether oxygens (including phenoxy) is 1. The Balaban J connectivity index is 2.16. The monoisotopic (exact) mass is 273 g/mol. The second kappa shape index (κ2) is 6.06. The second-order valence-corrected chi connectivity index (χ2v) is 7.42. The topological polar surface area (TPSA) is 55.4 Å². The Morgan fingerprint density at radius 2 is 2.33 bits per heavy atom. The molecule has 0 radical (unpaired) electrons. The van der Waals surface area contributed by atoms with Crippen molar-refractivity contribution in [1.29, 1.82) is 0 Å². The Labute approximate surface area is 110 Å². The van der Waals surface area contributed by atoms with Crippen LogP contribution in [0.3, 0.4) is 0 Å². The van der Waals surface area contributed by atoms with Crippen molar-refractivity contribution in [2.24, 2.45) is 0 Å². The maximum atomic E-state index is 12.2. The summed E-state index contributed by atoms with van der Waals surface area (Å²) in [5.74, 6) is 1.17.